The molecular weight excluding hydrogens is 624 g/mol. The van der Waals surface area contributed by atoms with Gasteiger partial charge in [0, 0.05) is 14.1 Å². The van der Waals surface area contributed by atoms with E-state index < -0.39 is 18.2 Å². The smallest absolute Gasteiger partial charge is 0.235 e. The minimum Gasteiger partial charge on any atom is -0.388 e. The van der Waals surface area contributed by atoms with Gasteiger partial charge in [0.15, 0.2) is 46.8 Å². The van der Waals surface area contributed by atoms with Crippen molar-refractivity contribution >= 4 is 52.4 Å². The molecule has 0 saturated heterocycles. The summed E-state index contributed by atoms with van der Waals surface area (Å²) >= 11 is 0. The molecule has 5 aromatic heterocycles. The van der Waals surface area contributed by atoms with E-state index in [9.17, 15) is 24.8 Å². The molecule has 0 fully saturated rings. The van der Waals surface area contributed by atoms with Crippen molar-refractivity contribution in [3.8, 4) is 17.7 Å². The first-order valence-electron chi connectivity index (χ1n) is 13.7. The average Bonchev–Trinajstić information content (AvgIpc) is 3.82. The molecule has 20 heteroatoms. The summed E-state index contributed by atoms with van der Waals surface area (Å²) in [5, 5.41) is 52.8. The standard InChI is InChI=1S/C28H24N16O4/c1-13-16(7-29)25(44-24(30)23(15(3)40-44)36-38-27-18(21(48)12-46)9-33-42(27)6)34-28(22(13)31-4)43-10-19(14(2)39-43)35-37-26-17(20(47)11-45)8-32-41(26)5/h8-10,12,45H,11,30H2,1-3,5-6H3. The van der Waals surface area contributed by atoms with E-state index in [4.69, 9.17) is 12.3 Å². The molecule has 5 aromatic rings. The van der Waals surface area contributed by atoms with Crippen LogP contribution in [0.2, 0.25) is 0 Å². The fourth-order valence-electron chi connectivity index (χ4n) is 4.54. The Morgan fingerprint density at radius 1 is 1.02 bits per heavy atom. The van der Waals surface area contributed by atoms with Crippen LogP contribution in [0, 0.1) is 38.7 Å². The van der Waals surface area contributed by atoms with E-state index in [0.717, 1.165) is 0 Å². The number of nitrogen functional groups attached to an aromatic ring is 1. The molecule has 0 aliphatic carbocycles. The van der Waals surface area contributed by atoms with Crippen LogP contribution in [0.25, 0.3) is 16.5 Å². The molecule has 48 heavy (non-hydrogen) atoms. The van der Waals surface area contributed by atoms with E-state index in [2.05, 4.69) is 56.7 Å². The number of rotatable bonds is 10. The molecule has 0 bridgehead atoms. The highest BCUT2D eigenvalue weighted by Gasteiger charge is 2.25. The fraction of sp³-hybridized carbons (Fsp3) is 0.214. The van der Waals surface area contributed by atoms with Crippen LogP contribution in [0.4, 0.5) is 34.5 Å². The molecule has 0 aromatic carbocycles. The molecule has 0 unspecified atom stereocenters. The Hall–Kier alpha value is -7.06. The maximum atomic E-state index is 12.1. The van der Waals surface area contributed by atoms with Crippen LogP contribution in [-0.4, -0.2) is 73.7 Å². The third-order valence-corrected chi connectivity index (χ3v) is 7.08. The monoisotopic (exact) mass is 648 g/mol. The minimum atomic E-state index is -0.833. The lowest BCUT2D eigenvalue weighted by Gasteiger charge is -2.13. The predicted octanol–water partition coefficient (Wildman–Crippen LogP) is 3.24. The van der Waals surface area contributed by atoms with Gasteiger partial charge in [0.05, 0.1) is 53.2 Å². The molecule has 20 nitrogen and oxygen atoms in total. The third kappa shape index (κ3) is 5.50. The number of aliphatic hydroxyl groups excluding tert-OH is 1. The molecule has 240 valence electrons. The number of nitriles is 1. The Bertz CT molecular complexity index is 2290. The second-order valence-corrected chi connectivity index (χ2v) is 10.1. The topological polar surface area (TPSA) is 259 Å². The maximum absolute atomic E-state index is 12.1. The van der Waals surface area contributed by atoms with Gasteiger partial charge in [-0.2, -0.15) is 30.3 Å². The lowest BCUT2D eigenvalue weighted by Crippen LogP contribution is -2.11. The van der Waals surface area contributed by atoms with Gasteiger partial charge in [-0.15, -0.1) is 20.5 Å². The lowest BCUT2D eigenvalue weighted by atomic mass is 10.1. The first-order chi connectivity index (χ1) is 22.9. The molecule has 3 N–H and O–H groups in total. The molecule has 0 amide bonds. The number of nitrogens with zero attached hydrogens (tertiary/aromatic N) is 15. The molecule has 0 radical (unpaired) electrons. The molecule has 0 atom stereocenters. The van der Waals surface area contributed by atoms with Gasteiger partial charge >= 0.3 is 0 Å². The quantitative estimate of drug-likeness (QED) is 0.0730. The Morgan fingerprint density at radius 2 is 1.67 bits per heavy atom. The van der Waals surface area contributed by atoms with Crippen LogP contribution in [-0.2, 0) is 18.9 Å². The number of hydrogen-bond acceptors (Lipinski definition) is 15. The van der Waals surface area contributed by atoms with E-state index >= 15 is 0 Å². The lowest BCUT2D eigenvalue weighted by molar-refractivity contribution is -0.104. The van der Waals surface area contributed by atoms with Crippen LogP contribution in [0.5, 0.6) is 0 Å². The van der Waals surface area contributed by atoms with E-state index in [1.807, 2.05) is 0 Å². The van der Waals surface area contributed by atoms with Gasteiger partial charge in [0.2, 0.25) is 11.5 Å². The number of aromatic nitrogens is 9. The first kappa shape index (κ1) is 32.3. The van der Waals surface area contributed by atoms with Crippen molar-refractivity contribution in [2.24, 2.45) is 34.6 Å². The Morgan fingerprint density at radius 3 is 2.29 bits per heavy atom. The summed E-state index contributed by atoms with van der Waals surface area (Å²) in [5.41, 5.74) is 7.79. The van der Waals surface area contributed by atoms with E-state index in [1.165, 1.54) is 44.4 Å². The fourth-order valence-corrected chi connectivity index (χ4v) is 4.54. The van der Waals surface area contributed by atoms with Gasteiger partial charge in [0.25, 0.3) is 0 Å². The van der Waals surface area contributed by atoms with Crippen LogP contribution < -0.4 is 5.73 Å². The predicted molar refractivity (Wildman–Crippen MR) is 165 cm³/mol. The number of carbonyl (C=O) groups is 3. The number of aliphatic hydroxyl groups is 1. The van der Waals surface area contributed by atoms with Gasteiger partial charge in [-0.3, -0.25) is 14.4 Å². The second kappa shape index (κ2) is 12.7. The molecule has 0 aliphatic rings. The molecule has 5 rings (SSSR count). The van der Waals surface area contributed by atoms with Crippen LogP contribution in [0.15, 0.2) is 39.0 Å². The van der Waals surface area contributed by atoms with E-state index in [0.29, 0.717) is 5.69 Å². The number of Topliss-reactive ketones (excluding diaryl/α,β-unsaturated/α-hetero) is 2. The number of pyridine rings is 1. The van der Waals surface area contributed by atoms with Crippen LogP contribution in [0.3, 0.4) is 0 Å². The summed E-state index contributed by atoms with van der Waals surface area (Å²) in [6.45, 7) is 11.9. The number of azo groups is 2. The van der Waals surface area contributed by atoms with Crippen LogP contribution >= 0.6 is 0 Å². The zero-order valence-electron chi connectivity index (χ0n) is 26.0. The van der Waals surface area contributed by atoms with Crippen molar-refractivity contribution in [2.75, 3.05) is 12.3 Å². The number of anilines is 1. The zero-order valence-corrected chi connectivity index (χ0v) is 26.0. The van der Waals surface area contributed by atoms with Crippen LogP contribution in [0.1, 0.15) is 43.2 Å². The van der Waals surface area contributed by atoms with Gasteiger partial charge in [-0.05, 0) is 26.3 Å². The van der Waals surface area contributed by atoms with Crippen molar-refractivity contribution in [1.82, 2.24) is 44.1 Å². The largest absolute Gasteiger partial charge is 0.388 e. The Labute approximate surface area is 270 Å². The number of carbonyl (C=O) groups excluding carboxylic acids is 3. The summed E-state index contributed by atoms with van der Waals surface area (Å²) in [7, 11) is 3.08. The minimum absolute atomic E-state index is 0.00835. The van der Waals surface area contributed by atoms with Crippen molar-refractivity contribution < 1.29 is 19.5 Å². The summed E-state index contributed by atoms with van der Waals surface area (Å²) < 4.78 is 5.05. The van der Waals surface area contributed by atoms with Crippen molar-refractivity contribution in [3.63, 3.8) is 0 Å². The Balaban J connectivity index is 1.60. The maximum Gasteiger partial charge on any atom is 0.235 e. The van der Waals surface area contributed by atoms with E-state index in [1.54, 1.807) is 27.8 Å². The first-order valence-corrected chi connectivity index (χ1v) is 13.7. The van der Waals surface area contributed by atoms with Crippen molar-refractivity contribution in [3.05, 3.63) is 63.6 Å². The number of aryl methyl sites for hydroxylation is 4. The summed E-state index contributed by atoms with van der Waals surface area (Å²) in [4.78, 5) is 43.3. The van der Waals surface area contributed by atoms with Gasteiger partial charge in [-0.1, -0.05) is 0 Å². The molecule has 0 saturated carbocycles. The van der Waals surface area contributed by atoms with Crippen molar-refractivity contribution in [1.29, 1.82) is 5.26 Å². The average molecular weight is 649 g/mol. The second-order valence-electron chi connectivity index (χ2n) is 10.1. The summed E-state index contributed by atoms with van der Waals surface area (Å²) in [5.74, 6) is -1.36. The third-order valence-electron chi connectivity index (χ3n) is 7.08. The van der Waals surface area contributed by atoms with Gasteiger partial charge < -0.3 is 10.8 Å². The van der Waals surface area contributed by atoms with Crippen molar-refractivity contribution in [2.45, 2.75) is 20.8 Å². The SMILES string of the molecule is [C-]#[N+]c1c(-n2cc(N=Nc3c(C(=O)CO)cnn3C)c(C)n2)nc(-n2nc(C)c(N=Nc3c(C(=O)C=O)cnn3C)c2N)c(C#N)c1C. The zero-order chi connectivity index (χ0) is 34.9. The number of nitrogens with two attached hydrogens (primary N) is 1. The number of aldehydes is 1. The molecular formula is C28H24N16O4. The normalized spacial score (nSPS) is 11.3. The molecule has 5 heterocycles. The Kier molecular flexibility index (Phi) is 8.58. The van der Waals surface area contributed by atoms with Gasteiger partial charge in [-0.25, -0.2) is 23.9 Å². The highest BCUT2D eigenvalue weighted by Crippen LogP contribution is 2.36. The van der Waals surface area contributed by atoms with Gasteiger partial charge in [0.1, 0.15) is 18.4 Å². The number of hydrogen-bond donors (Lipinski definition) is 2. The highest BCUT2D eigenvalue weighted by atomic mass is 16.3. The summed E-state index contributed by atoms with van der Waals surface area (Å²) in [6, 6.07) is 2.06. The highest BCUT2D eigenvalue weighted by molar-refractivity contribution is 6.34. The molecule has 0 aliphatic heterocycles. The van der Waals surface area contributed by atoms with E-state index in [-0.39, 0.29) is 80.4 Å². The molecule has 0 spiro atoms. The number of ketones is 2. The summed E-state index contributed by atoms with van der Waals surface area (Å²) in [6.07, 6.45) is 4.06.